The predicted octanol–water partition coefficient (Wildman–Crippen LogP) is 7.79. The van der Waals surface area contributed by atoms with Crippen LogP contribution in [0.15, 0.2) is 97.6 Å². The van der Waals surface area contributed by atoms with Crippen molar-refractivity contribution in [2.24, 2.45) is 0 Å². The van der Waals surface area contributed by atoms with Crippen molar-refractivity contribution in [3.05, 3.63) is 114 Å². The minimum Gasteiger partial charge on any atom is -0.496 e. The maximum Gasteiger partial charge on any atom is 0.324 e. The Morgan fingerprint density at radius 1 is 0.851 bits per heavy atom. The van der Waals surface area contributed by atoms with Gasteiger partial charge in [0.1, 0.15) is 35.6 Å². The van der Waals surface area contributed by atoms with E-state index in [1.807, 2.05) is 79.7 Å². The molecule has 0 aliphatic rings. The molecule has 3 heterocycles. The number of pyridine rings is 1. The van der Waals surface area contributed by atoms with Gasteiger partial charge in [0.2, 0.25) is 0 Å². The monoisotopic (exact) mass is 628 g/mol. The molecule has 3 N–H and O–H groups in total. The van der Waals surface area contributed by atoms with Gasteiger partial charge in [0.05, 0.1) is 30.4 Å². The summed E-state index contributed by atoms with van der Waals surface area (Å²) in [5.74, 6) is 3.26. The highest BCUT2D eigenvalue weighted by molar-refractivity contribution is 6.07. The minimum absolute atomic E-state index is 0.226. The summed E-state index contributed by atoms with van der Waals surface area (Å²) >= 11 is 0. The number of fused-ring (bicyclic) bond motifs is 1. The van der Waals surface area contributed by atoms with Crippen molar-refractivity contribution in [2.45, 2.75) is 39.7 Å². The third-order valence-electron chi connectivity index (χ3n) is 7.51. The molecule has 0 bridgehead atoms. The second kappa shape index (κ2) is 13.2. The van der Waals surface area contributed by atoms with Gasteiger partial charge in [-0.25, -0.2) is 19.4 Å². The number of carbonyl (C=O) groups is 1. The number of hydrogen-bond donors (Lipinski definition) is 3. The van der Waals surface area contributed by atoms with Crippen LogP contribution >= 0.6 is 0 Å². The van der Waals surface area contributed by atoms with E-state index in [0.717, 1.165) is 39.0 Å². The number of nitrogens with one attached hydrogen (secondary N) is 3. The van der Waals surface area contributed by atoms with Gasteiger partial charge in [-0.05, 0) is 60.5 Å². The second-order valence-electron chi connectivity index (χ2n) is 12.0. The summed E-state index contributed by atoms with van der Waals surface area (Å²) in [5.41, 5.74) is 3.97. The third kappa shape index (κ3) is 7.14. The predicted molar refractivity (Wildman–Crippen MR) is 184 cm³/mol. The van der Waals surface area contributed by atoms with Gasteiger partial charge >= 0.3 is 6.03 Å². The molecule has 0 saturated carbocycles. The number of aryl methyl sites for hydroxylation is 1. The number of methoxy groups -OCH3 is 1. The Hall–Kier alpha value is -5.97. The van der Waals surface area contributed by atoms with Crippen molar-refractivity contribution in [2.75, 3.05) is 23.1 Å². The molecule has 0 aliphatic heterocycles. The highest BCUT2D eigenvalue weighted by Crippen LogP contribution is 2.33. The molecule has 0 unspecified atom stereocenters. The minimum atomic E-state index is -0.393. The highest BCUT2D eigenvalue weighted by Gasteiger charge is 2.22. The van der Waals surface area contributed by atoms with Crippen LogP contribution in [0.1, 0.15) is 37.6 Å². The molecule has 3 aromatic heterocycles. The van der Waals surface area contributed by atoms with Crippen molar-refractivity contribution in [3.63, 3.8) is 0 Å². The number of carbonyl (C=O) groups excluding carboxylic acids is 1. The summed E-state index contributed by atoms with van der Waals surface area (Å²) in [6.07, 6.45) is 6.58. The Kier molecular flexibility index (Phi) is 8.70. The van der Waals surface area contributed by atoms with Gasteiger partial charge in [-0.3, -0.25) is 10.3 Å². The first-order valence-corrected chi connectivity index (χ1v) is 15.1. The number of amides is 2. The molecule has 2 amide bonds. The van der Waals surface area contributed by atoms with Crippen molar-refractivity contribution in [3.8, 4) is 17.2 Å². The Balaban J connectivity index is 1.20. The Morgan fingerprint density at radius 2 is 1.64 bits per heavy atom. The smallest absolute Gasteiger partial charge is 0.324 e. The average molecular weight is 629 g/mol. The van der Waals surface area contributed by atoms with Crippen molar-refractivity contribution in [1.29, 1.82) is 0 Å². The number of urea groups is 1. The van der Waals surface area contributed by atoms with Crippen molar-refractivity contribution >= 4 is 39.9 Å². The molecular formula is C36H36N8O3. The molecule has 0 atom stereocenters. The Morgan fingerprint density at radius 3 is 2.38 bits per heavy atom. The Bertz CT molecular complexity index is 2040. The fourth-order valence-electron chi connectivity index (χ4n) is 5.09. The summed E-state index contributed by atoms with van der Waals surface area (Å²) in [6, 6.07) is 22.6. The van der Waals surface area contributed by atoms with Gasteiger partial charge in [0, 0.05) is 40.8 Å². The molecule has 6 aromatic rings. The number of ether oxygens (including phenoxy) is 2. The van der Waals surface area contributed by atoms with E-state index in [-0.39, 0.29) is 5.41 Å². The largest absolute Gasteiger partial charge is 0.496 e. The summed E-state index contributed by atoms with van der Waals surface area (Å²) < 4.78 is 13.4. The number of benzene rings is 3. The normalized spacial score (nSPS) is 11.3. The molecule has 11 heteroatoms. The number of nitrogens with zero attached hydrogens (tertiary/aromatic N) is 5. The van der Waals surface area contributed by atoms with Crippen molar-refractivity contribution < 1.29 is 14.3 Å². The molecule has 11 nitrogen and oxygen atoms in total. The zero-order valence-corrected chi connectivity index (χ0v) is 26.9. The molecule has 6 rings (SSSR count). The van der Waals surface area contributed by atoms with E-state index >= 15 is 0 Å². The van der Waals surface area contributed by atoms with E-state index in [1.165, 1.54) is 0 Å². The fraction of sp³-hybridized carbons (Fsp3) is 0.194. The number of aromatic nitrogens is 5. The molecular weight excluding hydrogens is 592 g/mol. The van der Waals surface area contributed by atoms with E-state index in [0.29, 0.717) is 35.5 Å². The van der Waals surface area contributed by atoms with Crippen LogP contribution in [-0.4, -0.2) is 37.9 Å². The molecule has 0 saturated heterocycles. The topological polar surface area (TPSA) is 128 Å². The first-order chi connectivity index (χ1) is 22.7. The van der Waals surface area contributed by atoms with Crippen LogP contribution in [0, 0.1) is 6.92 Å². The first-order valence-electron chi connectivity index (χ1n) is 15.1. The van der Waals surface area contributed by atoms with E-state index < -0.39 is 6.03 Å². The lowest BCUT2D eigenvalue weighted by Gasteiger charge is -2.15. The number of rotatable bonds is 9. The summed E-state index contributed by atoms with van der Waals surface area (Å²) in [4.78, 5) is 26.1. The van der Waals surface area contributed by atoms with E-state index in [2.05, 4.69) is 51.7 Å². The van der Waals surface area contributed by atoms with Crippen LogP contribution in [0.3, 0.4) is 0 Å². The van der Waals surface area contributed by atoms with Gasteiger partial charge in [0.25, 0.3) is 0 Å². The quantitative estimate of drug-likeness (QED) is 0.148. The third-order valence-corrected chi connectivity index (χ3v) is 7.51. The summed E-state index contributed by atoms with van der Waals surface area (Å²) in [7, 11) is 1.64. The number of hydrogen-bond acceptors (Lipinski definition) is 8. The maximum absolute atomic E-state index is 13.5. The van der Waals surface area contributed by atoms with Crippen LogP contribution in [0.2, 0.25) is 0 Å². The average Bonchev–Trinajstić information content (AvgIpc) is 3.49. The fourth-order valence-corrected chi connectivity index (χ4v) is 5.09. The molecule has 0 fully saturated rings. The first kappa shape index (κ1) is 31.0. The van der Waals surface area contributed by atoms with E-state index in [4.69, 9.17) is 14.6 Å². The Labute approximate surface area is 273 Å². The van der Waals surface area contributed by atoms with Crippen LogP contribution in [0.4, 0.5) is 27.9 Å². The van der Waals surface area contributed by atoms with Gasteiger partial charge in [-0.2, -0.15) is 5.10 Å². The highest BCUT2D eigenvalue weighted by atomic mass is 16.5. The molecule has 0 radical (unpaired) electrons. The summed E-state index contributed by atoms with van der Waals surface area (Å²) in [6.45, 7) is 8.55. The maximum atomic E-state index is 13.5. The lowest BCUT2D eigenvalue weighted by Crippen LogP contribution is -2.21. The van der Waals surface area contributed by atoms with Gasteiger partial charge in [0.15, 0.2) is 0 Å². The van der Waals surface area contributed by atoms with E-state index in [1.54, 1.807) is 36.6 Å². The standard InChI is InChI=1S/C36H36N8O3/c1-23-18-25(10-12-29(23)46-5)44-34(20-31(43-44)36(2,3)4)42-35(45)40-28-11-13-30(27-9-7-6-8-26(27)28)47-22-24-14-15-38-32(19-24)41-33-21-37-16-17-39-33/h6-21H,22H2,1-5H3,(H,38,39,41)(H2,40,42,45). The lowest BCUT2D eigenvalue weighted by atomic mass is 9.92. The van der Waals surface area contributed by atoms with Gasteiger partial charge < -0.3 is 20.1 Å². The zero-order chi connectivity index (χ0) is 33.0. The van der Waals surface area contributed by atoms with Crippen molar-refractivity contribution in [1.82, 2.24) is 24.7 Å². The zero-order valence-electron chi connectivity index (χ0n) is 26.9. The number of anilines is 4. The van der Waals surface area contributed by atoms with Crippen LogP contribution in [0.25, 0.3) is 16.5 Å². The molecule has 238 valence electrons. The molecule has 3 aromatic carbocycles. The van der Waals surface area contributed by atoms with Crippen LogP contribution in [0.5, 0.6) is 11.5 Å². The lowest BCUT2D eigenvalue weighted by molar-refractivity contribution is 0.262. The van der Waals surface area contributed by atoms with Crippen LogP contribution in [-0.2, 0) is 12.0 Å². The SMILES string of the molecule is COc1ccc(-n2nc(C(C)(C)C)cc2NC(=O)Nc2ccc(OCc3ccnc(Nc4cnccn4)c3)c3ccccc23)cc1C. The van der Waals surface area contributed by atoms with E-state index in [9.17, 15) is 4.79 Å². The molecule has 0 spiro atoms. The second-order valence-corrected chi connectivity index (χ2v) is 12.0. The summed E-state index contributed by atoms with van der Waals surface area (Å²) in [5, 5.41) is 15.7. The van der Waals surface area contributed by atoms with Gasteiger partial charge in [-0.1, -0.05) is 45.0 Å². The molecule has 47 heavy (non-hydrogen) atoms. The van der Waals surface area contributed by atoms with Gasteiger partial charge in [-0.15, -0.1) is 0 Å². The van der Waals surface area contributed by atoms with Crippen LogP contribution < -0.4 is 25.4 Å². The molecule has 0 aliphatic carbocycles.